The number of aliphatic carboxylic acids is 1. The van der Waals surface area contributed by atoms with Gasteiger partial charge in [0.2, 0.25) is 0 Å². The molecule has 0 bridgehead atoms. The lowest BCUT2D eigenvalue weighted by Crippen LogP contribution is -2.33. The van der Waals surface area contributed by atoms with Crippen molar-refractivity contribution < 1.29 is 14.7 Å². The highest BCUT2D eigenvalue weighted by Crippen LogP contribution is 2.08. The second kappa shape index (κ2) is 5.47. The second-order valence-corrected chi connectivity index (χ2v) is 3.75. The molecule has 0 aliphatic carbocycles. The maximum Gasteiger partial charge on any atom is 0.323 e. The van der Waals surface area contributed by atoms with Gasteiger partial charge >= 0.3 is 5.97 Å². The number of aromatic nitrogens is 2. The monoisotopic (exact) mass is 239 g/mol. The maximum absolute atomic E-state index is 12.0. The Kier molecular flexibility index (Phi) is 4.25. The van der Waals surface area contributed by atoms with E-state index in [-0.39, 0.29) is 12.5 Å². The van der Waals surface area contributed by atoms with Gasteiger partial charge < -0.3 is 10.0 Å². The van der Waals surface area contributed by atoms with Gasteiger partial charge in [-0.15, -0.1) is 0 Å². The summed E-state index contributed by atoms with van der Waals surface area (Å²) in [6, 6.07) is 1.71. The van der Waals surface area contributed by atoms with Gasteiger partial charge in [0.05, 0.1) is 5.69 Å². The highest BCUT2D eigenvalue weighted by Gasteiger charge is 2.19. The van der Waals surface area contributed by atoms with Crippen LogP contribution in [-0.2, 0) is 17.8 Å². The standard InChI is InChI=1S/C11H17N3O3/c1-4-8-6-9(14(5-2)12-8)11(17)13(3)7-10(15)16/h6H,4-5,7H2,1-3H3,(H,15,16). The lowest BCUT2D eigenvalue weighted by molar-refractivity contribution is -0.137. The van der Waals surface area contributed by atoms with Crippen LogP contribution in [0.15, 0.2) is 6.07 Å². The number of likely N-dealkylation sites (N-methyl/N-ethyl adjacent to an activating group) is 1. The molecule has 1 heterocycles. The lowest BCUT2D eigenvalue weighted by Gasteiger charge is -2.14. The first-order valence-corrected chi connectivity index (χ1v) is 5.53. The van der Waals surface area contributed by atoms with E-state index in [9.17, 15) is 9.59 Å². The number of carbonyl (C=O) groups is 2. The quantitative estimate of drug-likeness (QED) is 0.817. The average Bonchev–Trinajstić information content (AvgIpc) is 2.70. The van der Waals surface area contributed by atoms with Crippen molar-refractivity contribution in [1.29, 1.82) is 0 Å². The fraction of sp³-hybridized carbons (Fsp3) is 0.545. The van der Waals surface area contributed by atoms with Gasteiger partial charge in [0, 0.05) is 13.6 Å². The van der Waals surface area contributed by atoms with E-state index < -0.39 is 5.97 Å². The van der Waals surface area contributed by atoms with Crippen molar-refractivity contribution in [3.63, 3.8) is 0 Å². The summed E-state index contributed by atoms with van der Waals surface area (Å²) in [4.78, 5) is 23.7. The third-order valence-corrected chi connectivity index (χ3v) is 2.43. The van der Waals surface area contributed by atoms with Crippen LogP contribution >= 0.6 is 0 Å². The van der Waals surface area contributed by atoms with Crippen LogP contribution in [0.5, 0.6) is 0 Å². The van der Waals surface area contributed by atoms with Crippen LogP contribution in [0, 0.1) is 0 Å². The van der Waals surface area contributed by atoms with Crippen LogP contribution < -0.4 is 0 Å². The molecule has 0 fully saturated rings. The number of carboxylic acid groups (broad SMARTS) is 1. The molecule has 0 radical (unpaired) electrons. The van der Waals surface area contributed by atoms with Crippen molar-refractivity contribution >= 4 is 11.9 Å². The average molecular weight is 239 g/mol. The summed E-state index contributed by atoms with van der Waals surface area (Å²) in [5, 5.41) is 12.9. The van der Waals surface area contributed by atoms with Gasteiger partial charge in [0.1, 0.15) is 12.2 Å². The Morgan fingerprint density at radius 1 is 1.47 bits per heavy atom. The Bertz CT molecular complexity index is 426. The molecule has 0 saturated heterocycles. The summed E-state index contributed by atoms with van der Waals surface area (Å²) in [7, 11) is 1.47. The number of carbonyl (C=O) groups excluding carboxylic acids is 1. The zero-order valence-electron chi connectivity index (χ0n) is 10.3. The summed E-state index contributed by atoms with van der Waals surface area (Å²) < 4.78 is 1.60. The van der Waals surface area contributed by atoms with Crippen LogP contribution in [0.25, 0.3) is 0 Å². The van der Waals surface area contributed by atoms with Gasteiger partial charge in [-0.05, 0) is 19.4 Å². The SMILES string of the molecule is CCc1cc(C(=O)N(C)CC(=O)O)n(CC)n1. The van der Waals surface area contributed by atoms with E-state index in [4.69, 9.17) is 5.11 Å². The third-order valence-electron chi connectivity index (χ3n) is 2.43. The minimum absolute atomic E-state index is 0.310. The van der Waals surface area contributed by atoms with Crippen LogP contribution in [0.2, 0.25) is 0 Å². The maximum atomic E-state index is 12.0. The summed E-state index contributed by atoms with van der Waals surface area (Å²) in [6.07, 6.45) is 0.746. The van der Waals surface area contributed by atoms with E-state index in [1.54, 1.807) is 10.7 Å². The van der Waals surface area contributed by atoms with Crippen molar-refractivity contribution in [2.75, 3.05) is 13.6 Å². The number of aryl methyl sites for hydroxylation is 2. The van der Waals surface area contributed by atoms with Crippen LogP contribution in [0.3, 0.4) is 0 Å². The normalized spacial score (nSPS) is 10.3. The largest absolute Gasteiger partial charge is 0.480 e. The molecule has 6 nitrogen and oxygen atoms in total. The molecule has 0 atom stereocenters. The summed E-state index contributed by atoms with van der Waals surface area (Å²) >= 11 is 0. The zero-order chi connectivity index (χ0) is 13.0. The molecule has 1 aromatic heterocycles. The van der Waals surface area contributed by atoms with Crippen molar-refractivity contribution in [2.24, 2.45) is 0 Å². The van der Waals surface area contributed by atoms with Crippen molar-refractivity contribution in [3.05, 3.63) is 17.5 Å². The predicted molar refractivity (Wildman–Crippen MR) is 61.9 cm³/mol. The minimum atomic E-state index is -1.03. The second-order valence-electron chi connectivity index (χ2n) is 3.75. The van der Waals surface area contributed by atoms with E-state index in [1.807, 2.05) is 13.8 Å². The first-order valence-electron chi connectivity index (χ1n) is 5.53. The Morgan fingerprint density at radius 3 is 2.59 bits per heavy atom. The minimum Gasteiger partial charge on any atom is -0.480 e. The summed E-state index contributed by atoms with van der Waals surface area (Å²) in [6.45, 7) is 4.12. The number of hydrogen-bond acceptors (Lipinski definition) is 3. The molecule has 17 heavy (non-hydrogen) atoms. The number of nitrogens with zero attached hydrogens (tertiary/aromatic N) is 3. The fourth-order valence-corrected chi connectivity index (χ4v) is 1.53. The van der Waals surface area contributed by atoms with E-state index in [0.29, 0.717) is 12.2 Å². The Balaban J connectivity index is 2.94. The molecule has 6 heteroatoms. The third kappa shape index (κ3) is 3.05. The molecule has 0 spiro atoms. The van der Waals surface area contributed by atoms with Gasteiger partial charge in [-0.3, -0.25) is 14.3 Å². The molecular weight excluding hydrogens is 222 g/mol. The molecule has 0 saturated carbocycles. The first kappa shape index (κ1) is 13.2. The molecule has 1 aromatic rings. The van der Waals surface area contributed by atoms with Crippen molar-refractivity contribution in [3.8, 4) is 0 Å². The lowest BCUT2D eigenvalue weighted by atomic mass is 10.3. The van der Waals surface area contributed by atoms with Gasteiger partial charge in [-0.1, -0.05) is 6.92 Å². The molecule has 0 unspecified atom stereocenters. The molecule has 0 aliphatic heterocycles. The molecule has 1 N–H and O–H groups in total. The highest BCUT2D eigenvalue weighted by molar-refractivity contribution is 5.94. The molecule has 1 amide bonds. The van der Waals surface area contributed by atoms with E-state index in [2.05, 4.69) is 5.10 Å². The predicted octanol–water partition coefficient (Wildman–Crippen LogP) is 0.622. The van der Waals surface area contributed by atoms with Crippen LogP contribution in [0.4, 0.5) is 0 Å². The molecular formula is C11H17N3O3. The number of amides is 1. The summed E-state index contributed by atoms with van der Waals surface area (Å²) in [5.74, 6) is -1.35. The van der Waals surface area contributed by atoms with Gasteiger partial charge in [0.25, 0.3) is 5.91 Å². The number of rotatable bonds is 5. The van der Waals surface area contributed by atoms with Crippen LogP contribution in [-0.4, -0.2) is 45.3 Å². The smallest absolute Gasteiger partial charge is 0.323 e. The Hall–Kier alpha value is -1.85. The van der Waals surface area contributed by atoms with E-state index in [0.717, 1.165) is 12.1 Å². The van der Waals surface area contributed by atoms with Gasteiger partial charge in [-0.2, -0.15) is 5.10 Å². The van der Waals surface area contributed by atoms with Crippen LogP contribution in [0.1, 0.15) is 30.0 Å². The van der Waals surface area contributed by atoms with Crippen molar-refractivity contribution in [1.82, 2.24) is 14.7 Å². The molecule has 94 valence electrons. The van der Waals surface area contributed by atoms with Gasteiger partial charge in [0.15, 0.2) is 0 Å². The number of hydrogen-bond donors (Lipinski definition) is 1. The Morgan fingerprint density at radius 2 is 2.12 bits per heavy atom. The zero-order valence-corrected chi connectivity index (χ0v) is 10.3. The molecule has 0 aliphatic rings. The van der Waals surface area contributed by atoms with E-state index in [1.165, 1.54) is 11.9 Å². The fourth-order valence-electron chi connectivity index (χ4n) is 1.53. The summed E-state index contributed by atoms with van der Waals surface area (Å²) in [5.41, 5.74) is 1.27. The van der Waals surface area contributed by atoms with Crippen molar-refractivity contribution in [2.45, 2.75) is 26.8 Å². The topological polar surface area (TPSA) is 75.4 Å². The highest BCUT2D eigenvalue weighted by atomic mass is 16.4. The first-order chi connectivity index (χ1) is 7.99. The molecule has 0 aromatic carbocycles. The molecule has 1 rings (SSSR count). The number of carboxylic acids is 1. The van der Waals surface area contributed by atoms with E-state index >= 15 is 0 Å². The van der Waals surface area contributed by atoms with Gasteiger partial charge in [-0.25, -0.2) is 0 Å². The Labute approximate surface area is 99.8 Å².